The van der Waals surface area contributed by atoms with Crippen molar-refractivity contribution in [3.8, 4) is 0 Å². The van der Waals surface area contributed by atoms with Gasteiger partial charge in [0.1, 0.15) is 0 Å². The van der Waals surface area contributed by atoms with Gasteiger partial charge in [-0.05, 0) is 12.1 Å². The third-order valence-corrected chi connectivity index (χ3v) is 6.83. The van der Waals surface area contributed by atoms with Crippen LogP contribution in [0.5, 0.6) is 0 Å². The topological polar surface area (TPSA) is 54.4 Å². The maximum atomic E-state index is 14.1. The van der Waals surface area contributed by atoms with Crippen LogP contribution in [0.2, 0.25) is 0 Å². The van der Waals surface area contributed by atoms with Crippen LogP contribution in [0.15, 0.2) is 84.9 Å². The second-order valence-electron chi connectivity index (χ2n) is 5.10. The van der Waals surface area contributed by atoms with Crippen molar-refractivity contribution in [2.45, 2.75) is 0 Å². The van der Waals surface area contributed by atoms with E-state index in [1.165, 1.54) is 6.07 Å². The maximum absolute atomic E-state index is 14.1. The van der Waals surface area contributed by atoms with Crippen LogP contribution in [0, 0.1) is 0 Å². The molecular weight excluding hydrogens is 307 g/mol. The van der Waals surface area contributed by atoms with E-state index >= 15 is 0 Å². The van der Waals surface area contributed by atoms with E-state index in [1.54, 1.807) is 42.5 Å². The number of carboxylic acid groups (broad SMARTS) is 1. The molecule has 23 heavy (non-hydrogen) atoms. The summed E-state index contributed by atoms with van der Waals surface area (Å²) < 4.78 is 14.1. The summed E-state index contributed by atoms with van der Waals surface area (Å²) in [4.78, 5) is 11.6. The van der Waals surface area contributed by atoms with Crippen molar-refractivity contribution in [3.05, 3.63) is 90.5 Å². The van der Waals surface area contributed by atoms with Gasteiger partial charge in [-0.3, -0.25) is 0 Å². The first kappa shape index (κ1) is 15.3. The molecular formula is C19H15O3P. The highest BCUT2D eigenvalue weighted by Gasteiger charge is 2.33. The number of carbonyl (C=O) groups is 1. The van der Waals surface area contributed by atoms with E-state index in [0.717, 1.165) is 0 Å². The molecule has 0 amide bonds. The Balaban J connectivity index is 2.35. The molecule has 4 heteroatoms. The first-order valence-electron chi connectivity index (χ1n) is 7.18. The fraction of sp³-hybridized carbons (Fsp3) is 0. The molecule has 0 saturated carbocycles. The molecule has 3 aromatic rings. The summed E-state index contributed by atoms with van der Waals surface area (Å²) in [5.74, 6) is -1.08. The van der Waals surface area contributed by atoms with E-state index in [9.17, 15) is 14.5 Å². The van der Waals surface area contributed by atoms with Gasteiger partial charge in [-0.2, -0.15) is 0 Å². The second kappa shape index (κ2) is 6.23. The van der Waals surface area contributed by atoms with Gasteiger partial charge >= 0.3 is 5.97 Å². The molecule has 0 aliphatic rings. The van der Waals surface area contributed by atoms with Crippen molar-refractivity contribution in [3.63, 3.8) is 0 Å². The van der Waals surface area contributed by atoms with Gasteiger partial charge in [0.25, 0.3) is 0 Å². The summed E-state index contributed by atoms with van der Waals surface area (Å²) >= 11 is 0. The summed E-state index contributed by atoms with van der Waals surface area (Å²) in [6, 6.07) is 24.6. The minimum absolute atomic E-state index is 0.0727. The van der Waals surface area contributed by atoms with Gasteiger partial charge in [0.05, 0.1) is 5.56 Å². The number of carboxylic acids is 1. The maximum Gasteiger partial charge on any atom is 0.336 e. The lowest BCUT2D eigenvalue weighted by Crippen LogP contribution is -2.28. The largest absolute Gasteiger partial charge is 0.478 e. The Morgan fingerprint density at radius 2 is 1.13 bits per heavy atom. The Kier molecular flexibility index (Phi) is 4.14. The fourth-order valence-corrected chi connectivity index (χ4v) is 5.48. The fourth-order valence-electron chi connectivity index (χ4n) is 2.63. The van der Waals surface area contributed by atoms with Crippen LogP contribution in [-0.2, 0) is 4.57 Å². The van der Waals surface area contributed by atoms with Crippen LogP contribution in [-0.4, -0.2) is 11.1 Å². The zero-order chi connectivity index (χ0) is 16.3. The molecule has 0 unspecified atom stereocenters. The van der Waals surface area contributed by atoms with Crippen molar-refractivity contribution in [2.75, 3.05) is 0 Å². The molecule has 3 aromatic carbocycles. The summed E-state index contributed by atoms with van der Waals surface area (Å²) in [7, 11) is -3.25. The predicted octanol–water partition coefficient (Wildman–Crippen LogP) is 3.02. The van der Waals surface area contributed by atoms with Gasteiger partial charge in [-0.15, -0.1) is 0 Å². The standard InChI is InChI=1S/C19H15O3P/c20-19(21)17-13-7-8-14-18(17)23(22,15-9-3-1-4-10-15)16-11-5-2-6-12-16/h1-14H,(H,20,21). The average molecular weight is 322 g/mol. The molecule has 0 fully saturated rings. The van der Waals surface area contributed by atoms with Crippen molar-refractivity contribution >= 4 is 29.0 Å². The highest BCUT2D eigenvalue weighted by molar-refractivity contribution is 7.85. The third-order valence-electron chi connectivity index (χ3n) is 3.71. The highest BCUT2D eigenvalue weighted by Crippen LogP contribution is 2.43. The van der Waals surface area contributed by atoms with E-state index in [2.05, 4.69) is 0 Å². The Bertz CT molecular complexity index is 830. The molecule has 3 nitrogen and oxygen atoms in total. The molecule has 1 N–H and O–H groups in total. The van der Waals surface area contributed by atoms with Crippen LogP contribution in [0.25, 0.3) is 0 Å². The van der Waals surface area contributed by atoms with Gasteiger partial charge < -0.3 is 9.67 Å². The predicted molar refractivity (Wildman–Crippen MR) is 92.8 cm³/mol. The van der Waals surface area contributed by atoms with Crippen molar-refractivity contribution in [1.82, 2.24) is 0 Å². The summed E-state index contributed by atoms with van der Waals surface area (Å²) in [6.45, 7) is 0. The molecule has 0 aliphatic heterocycles. The molecule has 0 bridgehead atoms. The van der Waals surface area contributed by atoms with Gasteiger partial charge in [-0.1, -0.05) is 72.8 Å². The lowest BCUT2D eigenvalue weighted by molar-refractivity contribution is 0.0698. The molecule has 0 saturated heterocycles. The van der Waals surface area contributed by atoms with Crippen LogP contribution in [0.3, 0.4) is 0 Å². The second-order valence-corrected chi connectivity index (χ2v) is 7.84. The number of aromatic carboxylic acids is 1. The van der Waals surface area contributed by atoms with E-state index in [4.69, 9.17) is 0 Å². The average Bonchev–Trinajstić information content (AvgIpc) is 2.62. The SMILES string of the molecule is O=C(O)c1ccccc1P(=O)(c1ccccc1)c1ccccc1. The first-order chi connectivity index (χ1) is 11.1. The molecule has 0 spiro atoms. The Morgan fingerprint density at radius 3 is 1.61 bits per heavy atom. The lowest BCUT2D eigenvalue weighted by atomic mass is 10.2. The van der Waals surface area contributed by atoms with Gasteiger partial charge in [0.15, 0.2) is 7.14 Å². The van der Waals surface area contributed by atoms with Crippen LogP contribution >= 0.6 is 7.14 Å². The minimum Gasteiger partial charge on any atom is -0.478 e. The number of benzene rings is 3. The number of hydrogen-bond acceptors (Lipinski definition) is 2. The summed E-state index contributed by atoms with van der Waals surface area (Å²) in [5.41, 5.74) is 0.0727. The quantitative estimate of drug-likeness (QED) is 0.751. The Morgan fingerprint density at radius 1 is 0.696 bits per heavy atom. The van der Waals surface area contributed by atoms with Crippen LogP contribution in [0.1, 0.15) is 10.4 Å². The van der Waals surface area contributed by atoms with Crippen molar-refractivity contribution < 1.29 is 14.5 Å². The minimum atomic E-state index is -3.25. The zero-order valence-corrected chi connectivity index (χ0v) is 13.2. The molecule has 0 aliphatic carbocycles. The monoisotopic (exact) mass is 322 g/mol. The number of hydrogen-bond donors (Lipinski definition) is 1. The van der Waals surface area contributed by atoms with Gasteiger partial charge in [0, 0.05) is 15.9 Å². The van der Waals surface area contributed by atoms with Crippen molar-refractivity contribution in [2.24, 2.45) is 0 Å². The number of rotatable bonds is 4. The van der Waals surface area contributed by atoms with Gasteiger partial charge in [0.2, 0.25) is 0 Å². The molecule has 0 aromatic heterocycles. The summed E-state index contributed by atoms with van der Waals surface area (Å²) in [5, 5.41) is 11.1. The van der Waals surface area contributed by atoms with Crippen LogP contribution in [0.4, 0.5) is 0 Å². The Labute approximate surface area is 134 Å². The summed E-state index contributed by atoms with van der Waals surface area (Å²) in [6.07, 6.45) is 0. The molecule has 0 radical (unpaired) electrons. The molecule has 3 rings (SSSR count). The van der Waals surface area contributed by atoms with E-state index in [0.29, 0.717) is 15.9 Å². The normalized spacial score (nSPS) is 11.1. The van der Waals surface area contributed by atoms with E-state index < -0.39 is 13.1 Å². The zero-order valence-electron chi connectivity index (χ0n) is 12.3. The highest BCUT2D eigenvalue weighted by atomic mass is 31.2. The smallest absolute Gasteiger partial charge is 0.336 e. The lowest BCUT2D eigenvalue weighted by Gasteiger charge is -2.21. The van der Waals surface area contributed by atoms with Gasteiger partial charge in [-0.25, -0.2) is 4.79 Å². The van der Waals surface area contributed by atoms with Crippen LogP contribution < -0.4 is 15.9 Å². The molecule has 0 atom stereocenters. The molecule has 114 valence electrons. The molecule has 0 heterocycles. The van der Waals surface area contributed by atoms with E-state index in [1.807, 2.05) is 36.4 Å². The van der Waals surface area contributed by atoms with E-state index in [-0.39, 0.29) is 5.56 Å². The Hall–Kier alpha value is -2.64. The third kappa shape index (κ3) is 2.71. The van der Waals surface area contributed by atoms with Crippen molar-refractivity contribution in [1.29, 1.82) is 0 Å². The first-order valence-corrected chi connectivity index (χ1v) is 8.89.